The highest BCUT2D eigenvalue weighted by molar-refractivity contribution is 5.07. The molecule has 0 fully saturated rings. The van der Waals surface area contributed by atoms with Gasteiger partial charge in [-0.2, -0.15) is 4.39 Å². The van der Waals surface area contributed by atoms with Gasteiger partial charge in [-0.05, 0) is 27.7 Å². The molecule has 0 amide bonds. The van der Waals surface area contributed by atoms with E-state index in [9.17, 15) is 9.18 Å². The Balaban J connectivity index is 3.22. The van der Waals surface area contributed by atoms with Crippen molar-refractivity contribution < 1.29 is 9.13 Å². The summed E-state index contributed by atoms with van der Waals surface area (Å²) in [5.74, 6) is -0.501. The Hall–Kier alpha value is -1.23. The molecule has 1 aromatic rings. The third kappa shape index (κ3) is 2.41. The molecule has 0 aliphatic rings. The van der Waals surface area contributed by atoms with Gasteiger partial charge in [-0.1, -0.05) is 0 Å². The predicted octanol–water partition coefficient (Wildman–Crippen LogP) is 1.49. The number of aromatic amines is 1. The van der Waals surface area contributed by atoms with Gasteiger partial charge in [0, 0.05) is 6.61 Å². The van der Waals surface area contributed by atoms with Crippen molar-refractivity contribution in [3.63, 3.8) is 0 Å². The van der Waals surface area contributed by atoms with Crippen LogP contribution < -0.4 is 5.56 Å². The van der Waals surface area contributed by atoms with Crippen LogP contribution in [0, 0.1) is 12.7 Å². The van der Waals surface area contributed by atoms with Gasteiger partial charge in [-0.15, -0.1) is 0 Å². The van der Waals surface area contributed by atoms with E-state index < -0.39 is 17.0 Å². The van der Waals surface area contributed by atoms with Gasteiger partial charge in [-0.3, -0.25) is 4.79 Å². The maximum absolute atomic E-state index is 13.0. The molecular weight excluding hydrogens is 199 g/mol. The van der Waals surface area contributed by atoms with E-state index in [-0.39, 0.29) is 5.69 Å². The van der Waals surface area contributed by atoms with Crippen LogP contribution in [0.4, 0.5) is 4.39 Å². The molecule has 5 heteroatoms. The van der Waals surface area contributed by atoms with E-state index >= 15 is 0 Å². The Labute approximate surface area is 87.5 Å². The van der Waals surface area contributed by atoms with Gasteiger partial charge in [-0.25, -0.2) is 4.98 Å². The second-order valence-electron chi connectivity index (χ2n) is 3.76. The van der Waals surface area contributed by atoms with Gasteiger partial charge >= 0.3 is 0 Å². The zero-order valence-corrected chi connectivity index (χ0v) is 9.35. The number of ether oxygens (including phenoxy) is 1. The summed E-state index contributed by atoms with van der Waals surface area (Å²) in [4.78, 5) is 17.5. The molecule has 0 aromatic carbocycles. The summed E-state index contributed by atoms with van der Waals surface area (Å²) >= 11 is 0. The average Bonchev–Trinajstić information content (AvgIpc) is 2.13. The van der Waals surface area contributed by atoms with Gasteiger partial charge in [0.25, 0.3) is 5.56 Å². The highest BCUT2D eigenvalue weighted by atomic mass is 19.1. The summed E-state index contributed by atoms with van der Waals surface area (Å²) in [6, 6.07) is 0. The molecule has 1 aromatic heterocycles. The highest BCUT2D eigenvalue weighted by Gasteiger charge is 2.24. The quantitative estimate of drug-likeness (QED) is 0.829. The van der Waals surface area contributed by atoms with Crippen LogP contribution in [-0.2, 0) is 10.3 Å². The molecular formula is C10H15FN2O2. The van der Waals surface area contributed by atoms with Gasteiger partial charge in [0.2, 0.25) is 5.82 Å². The molecule has 1 N–H and O–H groups in total. The van der Waals surface area contributed by atoms with Crippen LogP contribution in [0.25, 0.3) is 0 Å². The van der Waals surface area contributed by atoms with Crippen molar-refractivity contribution in [2.75, 3.05) is 6.61 Å². The molecule has 1 heterocycles. The largest absolute Gasteiger partial charge is 0.368 e. The smallest absolute Gasteiger partial charge is 0.287 e. The topological polar surface area (TPSA) is 55.0 Å². The minimum atomic E-state index is -0.842. The molecule has 15 heavy (non-hydrogen) atoms. The van der Waals surface area contributed by atoms with Crippen molar-refractivity contribution >= 4 is 0 Å². The van der Waals surface area contributed by atoms with Crippen LogP contribution in [0.2, 0.25) is 0 Å². The number of H-pyrrole nitrogens is 1. The predicted molar refractivity (Wildman–Crippen MR) is 54.2 cm³/mol. The number of hydrogen-bond donors (Lipinski definition) is 1. The Bertz CT molecular complexity index is 412. The van der Waals surface area contributed by atoms with Crippen molar-refractivity contribution in [3.8, 4) is 0 Å². The lowest BCUT2D eigenvalue weighted by Crippen LogP contribution is -2.29. The first-order valence-electron chi connectivity index (χ1n) is 4.79. The van der Waals surface area contributed by atoms with E-state index in [0.29, 0.717) is 12.4 Å². The fourth-order valence-electron chi connectivity index (χ4n) is 1.29. The van der Waals surface area contributed by atoms with Gasteiger partial charge in [0.1, 0.15) is 11.4 Å². The minimum Gasteiger partial charge on any atom is -0.368 e. The van der Waals surface area contributed by atoms with E-state index in [0.717, 1.165) is 0 Å². The number of nitrogens with zero attached hydrogens (tertiary/aromatic N) is 1. The maximum Gasteiger partial charge on any atom is 0.287 e. The van der Waals surface area contributed by atoms with E-state index in [1.807, 2.05) is 6.92 Å². The zero-order chi connectivity index (χ0) is 11.6. The van der Waals surface area contributed by atoms with E-state index in [2.05, 4.69) is 9.97 Å². The third-order valence-electron chi connectivity index (χ3n) is 2.10. The fraction of sp³-hybridized carbons (Fsp3) is 0.600. The number of aryl methyl sites for hydroxylation is 1. The summed E-state index contributed by atoms with van der Waals surface area (Å²) in [5, 5.41) is 0. The maximum atomic E-state index is 13.0. The Kier molecular flexibility index (Phi) is 3.24. The van der Waals surface area contributed by atoms with Crippen LogP contribution in [0.15, 0.2) is 4.79 Å². The lowest BCUT2D eigenvalue weighted by molar-refractivity contribution is -0.0212. The van der Waals surface area contributed by atoms with Crippen LogP contribution in [0.1, 0.15) is 32.3 Å². The van der Waals surface area contributed by atoms with Crippen molar-refractivity contribution in [1.29, 1.82) is 0 Å². The lowest BCUT2D eigenvalue weighted by atomic mass is 10.1. The number of rotatable bonds is 3. The van der Waals surface area contributed by atoms with E-state index in [1.54, 1.807) is 13.8 Å². The monoisotopic (exact) mass is 214 g/mol. The summed E-state index contributed by atoms with van der Waals surface area (Å²) in [6.45, 7) is 7.33. The first-order chi connectivity index (χ1) is 6.88. The summed E-state index contributed by atoms with van der Waals surface area (Å²) in [7, 11) is 0. The molecule has 0 aliphatic heterocycles. The zero-order valence-electron chi connectivity index (χ0n) is 9.35. The number of aromatic nitrogens is 2. The molecule has 0 saturated carbocycles. The standard InChI is InChI=1S/C10H15FN2O2/c1-5-15-10(3,4)9-12-6(2)7(11)8(14)13-9/h5H2,1-4H3,(H,12,13,14). The third-order valence-corrected chi connectivity index (χ3v) is 2.10. The first kappa shape index (κ1) is 11.8. The van der Waals surface area contributed by atoms with Crippen molar-refractivity contribution in [2.45, 2.75) is 33.3 Å². The molecule has 0 aliphatic carbocycles. The summed E-state index contributed by atoms with van der Waals surface area (Å²) in [5.41, 5.74) is -1.39. The van der Waals surface area contributed by atoms with Gasteiger partial charge in [0.05, 0.1) is 5.69 Å². The average molecular weight is 214 g/mol. The summed E-state index contributed by atoms with van der Waals surface area (Å²) < 4.78 is 18.4. The molecule has 0 radical (unpaired) electrons. The molecule has 1 rings (SSSR count). The molecule has 0 atom stereocenters. The minimum absolute atomic E-state index is 0.0847. The fourth-order valence-corrected chi connectivity index (χ4v) is 1.29. The molecule has 0 bridgehead atoms. The molecule has 84 valence electrons. The second-order valence-corrected chi connectivity index (χ2v) is 3.76. The number of hydrogen-bond acceptors (Lipinski definition) is 3. The summed E-state index contributed by atoms with van der Waals surface area (Å²) in [6.07, 6.45) is 0. The van der Waals surface area contributed by atoms with E-state index in [4.69, 9.17) is 4.74 Å². The molecule has 0 saturated heterocycles. The highest BCUT2D eigenvalue weighted by Crippen LogP contribution is 2.20. The molecule has 0 spiro atoms. The van der Waals surface area contributed by atoms with Crippen molar-refractivity contribution in [1.82, 2.24) is 9.97 Å². The van der Waals surface area contributed by atoms with Crippen molar-refractivity contribution in [2.24, 2.45) is 0 Å². The number of nitrogens with one attached hydrogen (secondary N) is 1. The van der Waals surface area contributed by atoms with E-state index in [1.165, 1.54) is 6.92 Å². The Morgan fingerprint density at radius 3 is 2.60 bits per heavy atom. The van der Waals surface area contributed by atoms with Crippen LogP contribution in [-0.4, -0.2) is 16.6 Å². The number of halogens is 1. The second kappa shape index (κ2) is 4.10. The normalized spacial score (nSPS) is 11.8. The Morgan fingerprint density at radius 2 is 2.13 bits per heavy atom. The van der Waals surface area contributed by atoms with Crippen molar-refractivity contribution in [3.05, 3.63) is 27.7 Å². The Morgan fingerprint density at radius 1 is 1.53 bits per heavy atom. The first-order valence-corrected chi connectivity index (χ1v) is 4.79. The molecule has 0 unspecified atom stereocenters. The SMILES string of the molecule is CCOC(C)(C)c1nc(C)c(F)c(=O)[nH]1. The van der Waals surface area contributed by atoms with Gasteiger partial charge in [0.15, 0.2) is 0 Å². The lowest BCUT2D eigenvalue weighted by Gasteiger charge is -2.23. The molecule has 4 nitrogen and oxygen atoms in total. The van der Waals surface area contributed by atoms with Crippen LogP contribution in [0.3, 0.4) is 0 Å². The van der Waals surface area contributed by atoms with Gasteiger partial charge < -0.3 is 9.72 Å². The van der Waals surface area contributed by atoms with Crippen LogP contribution in [0.5, 0.6) is 0 Å². The van der Waals surface area contributed by atoms with Crippen LogP contribution >= 0.6 is 0 Å².